The third-order valence-corrected chi connectivity index (χ3v) is 10.4. The number of anilines is 3. The molecule has 0 atom stereocenters. The maximum absolute atomic E-state index is 6.66. The monoisotopic (exact) mass is 617 g/mol. The molecule has 9 rings (SSSR count). The van der Waals surface area contributed by atoms with E-state index in [0.29, 0.717) is 0 Å². The highest BCUT2D eigenvalue weighted by molar-refractivity contribution is 5.90. The number of rotatable bonds is 5. The molecule has 48 heavy (non-hydrogen) atoms. The number of ether oxygens (including phenoxy) is 1. The van der Waals surface area contributed by atoms with E-state index in [2.05, 4.69) is 195 Å². The molecule has 0 radical (unpaired) electrons. The lowest BCUT2D eigenvalue weighted by Gasteiger charge is -2.39. The summed E-state index contributed by atoms with van der Waals surface area (Å²) in [5.74, 6) is 1.81. The third kappa shape index (κ3) is 4.06. The maximum atomic E-state index is 6.66. The molecule has 0 aromatic heterocycles. The summed E-state index contributed by atoms with van der Waals surface area (Å²) in [4.78, 5) is 2.40. The van der Waals surface area contributed by atoms with Crippen LogP contribution in [0, 0.1) is 0 Å². The molecule has 7 aromatic rings. The SMILES string of the molecule is CC1(C)c2ccccc2Oc2cc(N(c3ccccc3)c3ccccc3C3(c4ccccc4)c4ccccc4-c4ccccc43)ccc21. The van der Waals surface area contributed by atoms with Crippen molar-refractivity contribution in [3.63, 3.8) is 0 Å². The van der Waals surface area contributed by atoms with Crippen LogP contribution >= 0.6 is 0 Å². The number of fused-ring (bicyclic) bond motifs is 5. The third-order valence-electron chi connectivity index (χ3n) is 10.4. The second-order valence-corrected chi connectivity index (χ2v) is 13.3. The van der Waals surface area contributed by atoms with Crippen LogP contribution in [0.4, 0.5) is 17.1 Å². The van der Waals surface area contributed by atoms with Crippen molar-refractivity contribution in [3.05, 3.63) is 209 Å². The zero-order valence-corrected chi connectivity index (χ0v) is 27.1. The molecule has 0 saturated carbocycles. The largest absolute Gasteiger partial charge is 0.457 e. The Hall–Kier alpha value is -5.86. The van der Waals surface area contributed by atoms with Crippen LogP contribution in [0.2, 0.25) is 0 Å². The van der Waals surface area contributed by atoms with E-state index < -0.39 is 5.41 Å². The second kappa shape index (κ2) is 10.9. The first-order valence-electron chi connectivity index (χ1n) is 16.7. The average Bonchev–Trinajstić information content (AvgIpc) is 3.44. The number of benzene rings is 7. The van der Waals surface area contributed by atoms with E-state index in [9.17, 15) is 0 Å². The van der Waals surface area contributed by atoms with Crippen molar-refractivity contribution in [2.45, 2.75) is 24.7 Å². The van der Waals surface area contributed by atoms with Gasteiger partial charge in [-0.3, -0.25) is 0 Å². The minimum atomic E-state index is -0.538. The molecule has 1 heterocycles. The first-order valence-corrected chi connectivity index (χ1v) is 16.7. The Kier molecular flexibility index (Phi) is 6.42. The molecule has 230 valence electrons. The van der Waals surface area contributed by atoms with Gasteiger partial charge >= 0.3 is 0 Å². The van der Waals surface area contributed by atoms with E-state index in [1.807, 2.05) is 0 Å². The van der Waals surface area contributed by atoms with Gasteiger partial charge in [0.25, 0.3) is 0 Å². The van der Waals surface area contributed by atoms with Gasteiger partial charge in [0.15, 0.2) is 0 Å². The van der Waals surface area contributed by atoms with Crippen molar-refractivity contribution in [1.82, 2.24) is 0 Å². The fourth-order valence-corrected chi connectivity index (χ4v) is 8.26. The van der Waals surface area contributed by atoms with Gasteiger partial charge in [-0.05, 0) is 63.7 Å². The number of nitrogens with zero attached hydrogens (tertiary/aromatic N) is 1. The van der Waals surface area contributed by atoms with Crippen molar-refractivity contribution in [2.24, 2.45) is 0 Å². The van der Waals surface area contributed by atoms with Gasteiger partial charge in [-0.15, -0.1) is 0 Å². The molecule has 0 fully saturated rings. The van der Waals surface area contributed by atoms with E-state index in [1.54, 1.807) is 0 Å². The Bertz CT molecular complexity index is 2260. The van der Waals surface area contributed by atoms with Crippen molar-refractivity contribution < 1.29 is 4.74 Å². The van der Waals surface area contributed by atoms with Crippen LogP contribution in [0.25, 0.3) is 11.1 Å². The zero-order valence-electron chi connectivity index (χ0n) is 27.1. The van der Waals surface area contributed by atoms with Crippen molar-refractivity contribution in [1.29, 1.82) is 0 Å². The van der Waals surface area contributed by atoms with Crippen LogP contribution in [0.5, 0.6) is 11.5 Å². The smallest absolute Gasteiger partial charge is 0.133 e. The maximum Gasteiger partial charge on any atom is 0.133 e. The average molecular weight is 618 g/mol. The predicted molar refractivity (Wildman–Crippen MR) is 197 cm³/mol. The molecule has 2 aliphatic rings. The van der Waals surface area contributed by atoms with Gasteiger partial charge in [-0.25, -0.2) is 0 Å². The molecular weight excluding hydrogens is 583 g/mol. The fraction of sp³-hybridized carbons (Fsp3) is 0.0870. The first kappa shape index (κ1) is 28.4. The molecular formula is C46H35NO. The summed E-state index contributed by atoms with van der Waals surface area (Å²) in [5, 5.41) is 0. The minimum absolute atomic E-state index is 0.188. The summed E-state index contributed by atoms with van der Waals surface area (Å²) in [6.45, 7) is 4.57. The fourth-order valence-electron chi connectivity index (χ4n) is 8.26. The lowest BCUT2D eigenvalue weighted by atomic mass is 9.67. The quantitative estimate of drug-likeness (QED) is 0.190. The zero-order chi connectivity index (χ0) is 32.3. The molecule has 0 bridgehead atoms. The van der Waals surface area contributed by atoms with Gasteiger partial charge in [-0.2, -0.15) is 0 Å². The number of para-hydroxylation sites is 3. The predicted octanol–water partition coefficient (Wildman–Crippen LogP) is 12.0. The van der Waals surface area contributed by atoms with Gasteiger partial charge in [-0.1, -0.05) is 153 Å². The van der Waals surface area contributed by atoms with E-state index in [0.717, 1.165) is 28.6 Å². The van der Waals surface area contributed by atoms with E-state index in [-0.39, 0.29) is 5.41 Å². The summed E-state index contributed by atoms with van der Waals surface area (Å²) in [7, 11) is 0. The van der Waals surface area contributed by atoms with E-state index >= 15 is 0 Å². The van der Waals surface area contributed by atoms with Crippen LogP contribution in [-0.4, -0.2) is 0 Å². The summed E-state index contributed by atoms with van der Waals surface area (Å²) in [5.41, 5.74) is 12.5. The number of hydrogen-bond acceptors (Lipinski definition) is 2. The van der Waals surface area contributed by atoms with Gasteiger partial charge in [0.2, 0.25) is 0 Å². The van der Waals surface area contributed by atoms with E-state index in [4.69, 9.17) is 4.74 Å². The lowest BCUT2D eigenvalue weighted by molar-refractivity contribution is 0.418. The summed E-state index contributed by atoms with van der Waals surface area (Å²) >= 11 is 0. The molecule has 0 unspecified atom stereocenters. The second-order valence-electron chi connectivity index (χ2n) is 13.3. The highest BCUT2D eigenvalue weighted by Gasteiger charge is 2.47. The van der Waals surface area contributed by atoms with Crippen molar-refractivity contribution in [2.75, 3.05) is 4.90 Å². The van der Waals surface area contributed by atoms with Crippen molar-refractivity contribution in [3.8, 4) is 22.6 Å². The molecule has 2 nitrogen and oxygen atoms in total. The molecule has 1 aliphatic heterocycles. The Balaban J connectivity index is 1.33. The van der Waals surface area contributed by atoms with Gasteiger partial charge in [0.05, 0.1) is 11.1 Å². The molecule has 1 aliphatic carbocycles. The Morgan fingerprint density at radius 2 is 0.938 bits per heavy atom. The Labute approximate surface area is 282 Å². The molecule has 2 heteroatoms. The minimum Gasteiger partial charge on any atom is -0.457 e. The van der Waals surface area contributed by atoms with E-state index in [1.165, 1.54) is 44.5 Å². The highest BCUT2D eigenvalue weighted by atomic mass is 16.5. The Morgan fingerprint density at radius 1 is 0.417 bits per heavy atom. The van der Waals surface area contributed by atoms with Gasteiger partial charge in [0.1, 0.15) is 11.5 Å². The molecule has 0 spiro atoms. The van der Waals surface area contributed by atoms with Crippen LogP contribution in [-0.2, 0) is 10.8 Å². The molecule has 0 N–H and O–H groups in total. The molecule has 7 aromatic carbocycles. The van der Waals surface area contributed by atoms with Crippen LogP contribution in [0.1, 0.15) is 47.2 Å². The standard InChI is InChI=1S/C46H35NO/c1-45(2)40-26-14-16-28-43(40)48-44-31-34(29-30-41(44)45)47(33-19-7-4-8-20-33)42-27-15-13-25-39(42)46(32-17-5-3-6-18-32)37-23-11-9-21-35(37)36-22-10-12-24-38(36)46/h3-31H,1-2H3. The summed E-state index contributed by atoms with van der Waals surface area (Å²) < 4.78 is 6.66. The highest BCUT2D eigenvalue weighted by Crippen LogP contribution is 2.59. The van der Waals surface area contributed by atoms with Crippen LogP contribution in [0.15, 0.2) is 176 Å². The van der Waals surface area contributed by atoms with Crippen LogP contribution < -0.4 is 9.64 Å². The Morgan fingerprint density at radius 3 is 1.62 bits per heavy atom. The van der Waals surface area contributed by atoms with Gasteiger partial charge in [0, 0.05) is 34.0 Å². The molecule has 0 saturated heterocycles. The normalized spacial score (nSPS) is 14.5. The summed E-state index contributed by atoms with van der Waals surface area (Å²) in [6, 6.07) is 63.7. The van der Waals surface area contributed by atoms with Gasteiger partial charge < -0.3 is 9.64 Å². The topological polar surface area (TPSA) is 12.5 Å². The van der Waals surface area contributed by atoms with Crippen LogP contribution in [0.3, 0.4) is 0 Å². The number of hydrogen-bond donors (Lipinski definition) is 0. The molecule has 0 amide bonds. The van der Waals surface area contributed by atoms with Crippen molar-refractivity contribution >= 4 is 17.1 Å². The lowest BCUT2D eigenvalue weighted by Crippen LogP contribution is -2.30. The first-order chi connectivity index (χ1) is 23.6. The summed E-state index contributed by atoms with van der Waals surface area (Å²) in [6.07, 6.45) is 0.